The van der Waals surface area contributed by atoms with E-state index < -0.39 is 36.6 Å². The van der Waals surface area contributed by atoms with Crippen LogP contribution in [0.3, 0.4) is 0 Å². The van der Waals surface area contributed by atoms with Crippen LogP contribution in [0.4, 0.5) is 39.8 Å². The van der Waals surface area contributed by atoms with Gasteiger partial charge in [0.2, 0.25) is 6.41 Å². The van der Waals surface area contributed by atoms with Crippen LogP contribution in [0.5, 0.6) is 11.5 Å². The monoisotopic (exact) mass is 862 g/mol. The van der Waals surface area contributed by atoms with Gasteiger partial charge in [0, 0.05) is 17.1 Å². The SMILES string of the molecule is COc1cc(/N=N\c2cc3nn(-c4cccc(S(=O)(=O)O)c4)nc3cc2C)c(C)cc1/N=N\c1cc(C)c(/N=N\c2c(S(=O)(=O)O)cc3cc(NC=O)ccc3c2O)cc1C. The smallest absolute Gasteiger partial charge is 0.296 e. The molecule has 0 aliphatic rings. The number of amides is 1. The largest absolute Gasteiger partial charge is 0.505 e. The molecular weight excluding hydrogens is 829 g/mol. The predicted octanol–water partition coefficient (Wildman–Crippen LogP) is 9.83. The first-order valence-corrected chi connectivity index (χ1v) is 20.8. The van der Waals surface area contributed by atoms with Gasteiger partial charge in [0.15, 0.2) is 5.75 Å². The number of benzene rings is 6. The van der Waals surface area contributed by atoms with Gasteiger partial charge in [0.25, 0.3) is 20.2 Å². The van der Waals surface area contributed by atoms with Crippen molar-refractivity contribution >= 4 is 88.3 Å². The number of aryl methyl sites for hydroxylation is 4. The standard InChI is InChI=1S/C40H34N10O9S2/c1-21-12-31(45-47-39-38(61(56,57)58)16-25-15-26(41-20-51)9-10-29(25)40(39)52)22(2)11-30(21)42-46-36-14-24(4)33(19-37(36)59-5)44-43-32-18-35-34(13-23(32)3)48-50(49-35)27-7-6-8-28(17-27)60(53,54)55/h6-20,52H,1-5H3,(H,41,51)(H,53,54,55)(H,56,57,58)/b44-43-,46-42-,47-45-. The zero-order valence-electron chi connectivity index (χ0n) is 32.8. The molecule has 0 fully saturated rings. The van der Waals surface area contributed by atoms with Gasteiger partial charge in [-0.1, -0.05) is 6.07 Å². The number of methoxy groups -OCH3 is 1. The molecule has 0 saturated heterocycles. The minimum absolute atomic E-state index is 0.214. The number of aromatic hydroxyl groups is 1. The third-order valence-corrected chi connectivity index (χ3v) is 11.1. The number of aromatic nitrogens is 3. The van der Waals surface area contributed by atoms with E-state index >= 15 is 0 Å². The van der Waals surface area contributed by atoms with Crippen LogP contribution in [0.2, 0.25) is 0 Å². The van der Waals surface area contributed by atoms with E-state index in [9.17, 15) is 35.8 Å². The van der Waals surface area contributed by atoms with E-state index in [1.54, 1.807) is 56.3 Å². The number of phenolic OH excluding ortho intramolecular Hbond substituents is 1. The Morgan fingerprint density at radius 2 is 1.21 bits per heavy atom. The Morgan fingerprint density at radius 1 is 0.656 bits per heavy atom. The fourth-order valence-electron chi connectivity index (χ4n) is 6.18. The summed E-state index contributed by atoms with van der Waals surface area (Å²) in [5.41, 5.74) is 6.14. The zero-order chi connectivity index (χ0) is 43.8. The molecule has 21 heteroatoms. The van der Waals surface area contributed by atoms with Crippen molar-refractivity contribution in [1.29, 1.82) is 0 Å². The number of fused-ring (bicyclic) bond motifs is 2. The fraction of sp³-hybridized carbons (Fsp3) is 0.125. The third kappa shape index (κ3) is 8.84. The van der Waals surface area contributed by atoms with Crippen LogP contribution in [0.25, 0.3) is 27.5 Å². The number of phenols is 1. The minimum Gasteiger partial charge on any atom is -0.505 e. The Labute approximate surface area is 347 Å². The van der Waals surface area contributed by atoms with Crippen LogP contribution >= 0.6 is 0 Å². The van der Waals surface area contributed by atoms with E-state index in [1.807, 2.05) is 13.8 Å². The molecule has 0 unspecified atom stereocenters. The molecule has 0 radical (unpaired) electrons. The van der Waals surface area contributed by atoms with Crippen molar-refractivity contribution in [3.63, 3.8) is 0 Å². The van der Waals surface area contributed by atoms with Crippen molar-refractivity contribution in [3.05, 3.63) is 107 Å². The number of ether oxygens (including phenoxy) is 1. The molecule has 0 spiro atoms. The van der Waals surface area contributed by atoms with Gasteiger partial charge in [0.1, 0.15) is 33.1 Å². The molecule has 7 rings (SSSR count). The number of hydrogen-bond acceptors (Lipinski definition) is 15. The summed E-state index contributed by atoms with van der Waals surface area (Å²) in [4.78, 5) is 11.2. The van der Waals surface area contributed by atoms with Gasteiger partial charge in [-0.05, 0) is 128 Å². The van der Waals surface area contributed by atoms with Gasteiger partial charge in [-0.3, -0.25) is 13.9 Å². The molecule has 0 saturated carbocycles. The number of hydrogen-bond donors (Lipinski definition) is 4. The van der Waals surface area contributed by atoms with E-state index in [1.165, 1.54) is 48.3 Å². The van der Waals surface area contributed by atoms with Crippen molar-refractivity contribution in [2.45, 2.75) is 37.5 Å². The summed E-state index contributed by atoms with van der Waals surface area (Å²) in [7, 11) is -7.80. The predicted molar refractivity (Wildman–Crippen MR) is 225 cm³/mol. The topological polar surface area (TPSA) is 272 Å². The minimum atomic E-state index is -4.86. The Hall–Kier alpha value is -7.33. The first-order valence-electron chi connectivity index (χ1n) is 17.9. The average Bonchev–Trinajstić information content (AvgIpc) is 3.62. The lowest BCUT2D eigenvalue weighted by Gasteiger charge is -2.10. The average molecular weight is 863 g/mol. The van der Waals surface area contributed by atoms with Crippen LogP contribution in [0, 0.1) is 27.7 Å². The molecule has 0 bridgehead atoms. The summed E-state index contributed by atoms with van der Waals surface area (Å²) in [6, 6.07) is 21.4. The van der Waals surface area contributed by atoms with E-state index in [0.717, 1.165) is 11.6 Å². The third-order valence-electron chi connectivity index (χ3n) is 9.40. The number of nitrogens with zero attached hydrogens (tertiary/aromatic N) is 9. The lowest BCUT2D eigenvalue weighted by Crippen LogP contribution is -2.02. The molecule has 310 valence electrons. The van der Waals surface area contributed by atoms with Crippen LogP contribution in [-0.4, -0.2) is 59.6 Å². The lowest BCUT2D eigenvalue weighted by molar-refractivity contribution is -0.105. The summed E-state index contributed by atoms with van der Waals surface area (Å²) in [5, 5.41) is 48.9. The summed E-state index contributed by atoms with van der Waals surface area (Å²) in [5.74, 6) is -0.168. The van der Waals surface area contributed by atoms with Crippen molar-refractivity contribution in [2.24, 2.45) is 30.7 Å². The molecule has 0 atom stereocenters. The highest BCUT2D eigenvalue weighted by Crippen LogP contribution is 2.43. The molecular formula is C40H34N10O9S2. The second kappa shape index (κ2) is 16.4. The highest BCUT2D eigenvalue weighted by Gasteiger charge is 2.23. The molecule has 61 heavy (non-hydrogen) atoms. The van der Waals surface area contributed by atoms with Gasteiger partial charge in [0.05, 0.1) is 40.4 Å². The summed E-state index contributed by atoms with van der Waals surface area (Å²) in [6.45, 7) is 7.16. The Kier molecular flexibility index (Phi) is 11.2. The maximum absolute atomic E-state index is 12.3. The second-order valence-electron chi connectivity index (χ2n) is 13.7. The van der Waals surface area contributed by atoms with E-state index in [2.05, 4.69) is 46.2 Å². The molecule has 0 aliphatic carbocycles. The molecule has 1 aromatic heterocycles. The van der Waals surface area contributed by atoms with Crippen LogP contribution < -0.4 is 10.1 Å². The number of nitrogens with one attached hydrogen (secondary N) is 1. The Bertz CT molecular complexity index is 3260. The van der Waals surface area contributed by atoms with E-state index in [0.29, 0.717) is 79.7 Å². The normalized spacial score (nSPS) is 12.4. The molecule has 6 aromatic carbocycles. The quantitative estimate of drug-likeness (QED) is 0.0509. The number of anilines is 1. The van der Waals surface area contributed by atoms with Crippen LogP contribution in [-0.2, 0) is 25.0 Å². The van der Waals surface area contributed by atoms with Crippen molar-refractivity contribution in [2.75, 3.05) is 12.4 Å². The zero-order valence-corrected chi connectivity index (χ0v) is 34.4. The van der Waals surface area contributed by atoms with E-state index in [4.69, 9.17) is 4.74 Å². The highest BCUT2D eigenvalue weighted by molar-refractivity contribution is 7.86. The molecule has 1 amide bonds. The maximum atomic E-state index is 12.3. The van der Waals surface area contributed by atoms with Gasteiger partial charge in [-0.25, -0.2) is 0 Å². The number of carbonyl (C=O) groups is 1. The van der Waals surface area contributed by atoms with Gasteiger partial charge < -0.3 is 15.2 Å². The van der Waals surface area contributed by atoms with Gasteiger partial charge >= 0.3 is 0 Å². The number of carbonyl (C=O) groups excluding carboxylic acids is 1. The van der Waals surface area contributed by atoms with Crippen LogP contribution in [0.1, 0.15) is 22.3 Å². The van der Waals surface area contributed by atoms with Crippen molar-refractivity contribution in [1.82, 2.24) is 15.0 Å². The van der Waals surface area contributed by atoms with Crippen molar-refractivity contribution < 1.29 is 40.6 Å². The molecule has 1 heterocycles. The molecule has 4 N–H and O–H groups in total. The Morgan fingerprint density at radius 3 is 1.82 bits per heavy atom. The Balaban J connectivity index is 1.13. The summed E-state index contributed by atoms with van der Waals surface area (Å²) >= 11 is 0. The molecule has 19 nitrogen and oxygen atoms in total. The van der Waals surface area contributed by atoms with Gasteiger partial charge in [-0.15, -0.1) is 20.4 Å². The number of rotatable bonds is 12. The second-order valence-corrected chi connectivity index (χ2v) is 16.5. The lowest BCUT2D eigenvalue weighted by atomic mass is 10.1. The van der Waals surface area contributed by atoms with Gasteiger partial charge in [-0.2, -0.15) is 42.1 Å². The summed E-state index contributed by atoms with van der Waals surface area (Å²) < 4.78 is 73.0. The van der Waals surface area contributed by atoms with Crippen molar-refractivity contribution in [3.8, 4) is 17.2 Å². The van der Waals surface area contributed by atoms with Crippen LogP contribution in [0.15, 0.2) is 125 Å². The first-order chi connectivity index (χ1) is 28.9. The first kappa shape index (κ1) is 41.8. The molecule has 7 aromatic rings. The number of azo groups is 3. The maximum Gasteiger partial charge on any atom is 0.296 e. The van der Waals surface area contributed by atoms with E-state index in [-0.39, 0.29) is 15.7 Å². The molecule has 0 aliphatic heterocycles. The summed E-state index contributed by atoms with van der Waals surface area (Å²) in [6.07, 6.45) is 0.446. The fourth-order valence-corrected chi connectivity index (χ4v) is 7.36. The highest BCUT2D eigenvalue weighted by atomic mass is 32.2.